The summed E-state index contributed by atoms with van der Waals surface area (Å²) in [5.41, 5.74) is 4.84. The molecule has 0 fully saturated rings. The zero-order valence-corrected chi connectivity index (χ0v) is 17.9. The fourth-order valence-electron chi connectivity index (χ4n) is 3.83. The molecule has 0 saturated carbocycles. The molecule has 2 aromatic carbocycles. The summed E-state index contributed by atoms with van der Waals surface area (Å²) in [6.45, 7) is 2.34. The van der Waals surface area contributed by atoms with Crippen LogP contribution in [0.5, 0.6) is 0 Å². The molecule has 31 heavy (non-hydrogen) atoms. The number of hydrogen-bond acceptors (Lipinski definition) is 5. The minimum atomic E-state index is -0.370. The number of aryl methyl sites for hydroxylation is 1. The fourth-order valence-corrected chi connectivity index (χ4v) is 5.01. The lowest BCUT2D eigenvalue weighted by molar-refractivity contribution is 0.0987. The molecule has 0 atom stereocenters. The Morgan fingerprint density at radius 2 is 2.00 bits per heavy atom. The average molecular weight is 434 g/mol. The number of oxazole rings is 1. The summed E-state index contributed by atoms with van der Waals surface area (Å²) in [4.78, 5) is 21.4. The molecule has 3 heterocycles. The standard InChI is InChI=1S/C24H20FN3O2S/c1-14-13-30-23(27-14)21-11-16-9-10-28(24(29)15-3-6-18(26-2)7-4-15)20-12-17(25)5-8-19(20)22(16)31-21/h3-8,11-13,26H,9-10H2,1-2H3. The first-order valence-corrected chi connectivity index (χ1v) is 10.8. The van der Waals surface area contributed by atoms with Crippen LogP contribution in [0.25, 0.3) is 21.2 Å². The SMILES string of the molecule is CNc1ccc(C(=O)N2CCc3cc(-c4nc(C)co4)sc3-c3ccc(F)cc32)cc1. The highest BCUT2D eigenvalue weighted by Gasteiger charge is 2.28. The van der Waals surface area contributed by atoms with E-state index in [2.05, 4.69) is 16.4 Å². The number of fused-ring (bicyclic) bond motifs is 3. The van der Waals surface area contributed by atoms with Gasteiger partial charge in [0.15, 0.2) is 0 Å². The quantitative estimate of drug-likeness (QED) is 0.446. The Hall–Kier alpha value is -3.45. The predicted molar refractivity (Wildman–Crippen MR) is 121 cm³/mol. The van der Waals surface area contributed by atoms with Crippen LogP contribution < -0.4 is 10.2 Å². The van der Waals surface area contributed by atoms with Crippen LogP contribution in [-0.4, -0.2) is 24.5 Å². The molecule has 0 aliphatic carbocycles. The first-order valence-electron chi connectivity index (χ1n) is 9.98. The Balaban J connectivity index is 1.58. The van der Waals surface area contributed by atoms with Crippen molar-refractivity contribution in [1.82, 2.24) is 4.98 Å². The zero-order valence-electron chi connectivity index (χ0n) is 17.1. The van der Waals surface area contributed by atoms with Crippen LogP contribution in [-0.2, 0) is 6.42 Å². The molecule has 0 bridgehead atoms. The number of benzene rings is 2. The van der Waals surface area contributed by atoms with E-state index in [1.165, 1.54) is 12.1 Å². The van der Waals surface area contributed by atoms with Crippen LogP contribution in [0.15, 0.2) is 59.2 Å². The van der Waals surface area contributed by atoms with Gasteiger partial charge < -0.3 is 14.6 Å². The summed E-state index contributed by atoms with van der Waals surface area (Å²) >= 11 is 1.55. The van der Waals surface area contributed by atoms with Crippen LogP contribution in [0.3, 0.4) is 0 Å². The zero-order chi connectivity index (χ0) is 21.5. The highest BCUT2D eigenvalue weighted by Crippen LogP contribution is 2.44. The third-order valence-corrected chi connectivity index (χ3v) is 6.60. The molecule has 0 spiro atoms. The third kappa shape index (κ3) is 3.51. The Labute approximate surface area is 183 Å². The molecule has 4 aromatic rings. The van der Waals surface area contributed by atoms with Gasteiger partial charge >= 0.3 is 0 Å². The van der Waals surface area contributed by atoms with Crippen molar-refractivity contribution < 1.29 is 13.6 Å². The Bertz CT molecular complexity index is 1280. The van der Waals surface area contributed by atoms with Gasteiger partial charge in [-0.05, 0) is 67.4 Å². The fraction of sp³-hybridized carbons (Fsp3) is 0.167. The van der Waals surface area contributed by atoms with E-state index in [1.807, 2.05) is 26.1 Å². The second kappa shape index (κ2) is 7.67. The molecule has 2 aromatic heterocycles. The van der Waals surface area contributed by atoms with Crippen molar-refractivity contribution in [2.45, 2.75) is 13.3 Å². The van der Waals surface area contributed by atoms with Gasteiger partial charge in [-0.25, -0.2) is 9.37 Å². The molecule has 5 nitrogen and oxygen atoms in total. The predicted octanol–water partition coefficient (Wildman–Crippen LogP) is 5.76. The number of rotatable bonds is 3. The highest BCUT2D eigenvalue weighted by molar-refractivity contribution is 7.19. The summed E-state index contributed by atoms with van der Waals surface area (Å²) in [5.74, 6) is 0.0654. The van der Waals surface area contributed by atoms with E-state index in [-0.39, 0.29) is 11.7 Å². The van der Waals surface area contributed by atoms with Gasteiger partial charge in [0, 0.05) is 35.3 Å². The van der Waals surface area contributed by atoms with Crippen LogP contribution in [0, 0.1) is 12.7 Å². The molecule has 0 radical (unpaired) electrons. The van der Waals surface area contributed by atoms with Gasteiger partial charge in [-0.15, -0.1) is 11.3 Å². The topological polar surface area (TPSA) is 58.4 Å². The van der Waals surface area contributed by atoms with E-state index in [4.69, 9.17) is 4.42 Å². The number of carbonyl (C=O) groups is 1. The van der Waals surface area contributed by atoms with Crippen molar-refractivity contribution in [3.63, 3.8) is 0 Å². The molecule has 156 valence electrons. The second-order valence-electron chi connectivity index (χ2n) is 7.45. The van der Waals surface area contributed by atoms with Crippen molar-refractivity contribution in [2.75, 3.05) is 23.8 Å². The minimum Gasteiger partial charge on any atom is -0.444 e. The van der Waals surface area contributed by atoms with Crippen LogP contribution >= 0.6 is 11.3 Å². The largest absolute Gasteiger partial charge is 0.444 e. The summed E-state index contributed by atoms with van der Waals surface area (Å²) in [5, 5.41) is 3.05. The normalized spacial score (nSPS) is 12.8. The second-order valence-corrected chi connectivity index (χ2v) is 8.51. The maximum Gasteiger partial charge on any atom is 0.258 e. The van der Waals surface area contributed by atoms with Gasteiger partial charge in [0.2, 0.25) is 5.89 Å². The van der Waals surface area contributed by atoms with Crippen molar-refractivity contribution in [3.05, 3.63) is 77.4 Å². The Morgan fingerprint density at radius 1 is 1.19 bits per heavy atom. The monoisotopic (exact) mass is 433 g/mol. The average Bonchev–Trinajstić information content (AvgIpc) is 3.37. The smallest absolute Gasteiger partial charge is 0.258 e. The number of anilines is 2. The molecule has 0 saturated heterocycles. The number of amides is 1. The van der Waals surface area contributed by atoms with Crippen molar-refractivity contribution in [3.8, 4) is 21.2 Å². The third-order valence-electron chi connectivity index (χ3n) is 5.40. The van der Waals surface area contributed by atoms with Crippen LogP contribution in [0.4, 0.5) is 15.8 Å². The number of halogens is 1. The van der Waals surface area contributed by atoms with Crippen molar-refractivity contribution in [2.24, 2.45) is 0 Å². The van der Waals surface area contributed by atoms with Gasteiger partial charge in [-0.2, -0.15) is 0 Å². The van der Waals surface area contributed by atoms with Gasteiger partial charge in [0.25, 0.3) is 5.91 Å². The molecule has 5 rings (SSSR count). The molecule has 0 unspecified atom stereocenters. The van der Waals surface area contributed by atoms with E-state index >= 15 is 0 Å². The number of thiophene rings is 1. The van der Waals surface area contributed by atoms with E-state index in [0.717, 1.165) is 32.3 Å². The van der Waals surface area contributed by atoms with Gasteiger partial charge in [-0.1, -0.05) is 0 Å². The highest BCUT2D eigenvalue weighted by atomic mass is 32.1. The summed E-state index contributed by atoms with van der Waals surface area (Å²) in [6, 6.07) is 14.0. The first kappa shape index (κ1) is 19.5. The number of nitrogens with one attached hydrogen (secondary N) is 1. The van der Waals surface area contributed by atoms with E-state index in [9.17, 15) is 9.18 Å². The number of carbonyl (C=O) groups excluding carboxylic acids is 1. The number of nitrogens with zero attached hydrogens (tertiary/aromatic N) is 2. The van der Waals surface area contributed by atoms with E-state index in [1.54, 1.807) is 40.7 Å². The molecule has 1 aliphatic rings. The van der Waals surface area contributed by atoms with Gasteiger partial charge in [0.1, 0.15) is 12.1 Å². The molecular weight excluding hydrogens is 413 g/mol. The maximum absolute atomic E-state index is 14.2. The van der Waals surface area contributed by atoms with Crippen molar-refractivity contribution >= 4 is 28.6 Å². The van der Waals surface area contributed by atoms with Crippen molar-refractivity contribution in [1.29, 1.82) is 0 Å². The van der Waals surface area contributed by atoms with Gasteiger partial charge in [0.05, 0.1) is 16.3 Å². The first-order chi connectivity index (χ1) is 15.0. The lowest BCUT2D eigenvalue weighted by Gasteiger charge is -2.23. The van der Waals surface area contributed by atoms with Crippen LogP contribution in [0.1, 0.15) is 21.6 Å². The lowest BCUT2D eigenvalue weighted by Crippen LogP contribution is -2.32. The molecule has 1 N–H and O–H groups in total. The Morgan fingerprint density at radius 3 is 2.71 bits per heavy atom. The summed E-state index contributed by atoms with van der Waals surface area (Å²) in [7, 11) is 1.83. The summed E-state index contributed by atoms with van der Waals surface area (Å²) < 4.78 is 19.8. The van der Waals surface area contributed by atoms with E-state index in [0.29, 0.717) is 30.1 Å². The summed E-state index contributed by atoms with van der Waals surface area (Å²) in [6.07, 6.45) is 2.28. The number of aromatic nitrogens is 1. The Kier molecular flexibility index (Phi) is 4.82. The molecule has 1 aliphatic heterocycles. The van der Waals surface area contributed by atoms with Gasteiger partial charge in [-0.3, -0.25) is 4.79 Å². The molecule has 7 heteroatoms. The maximum atomic E-state index is 14.2. The number of hydrogen-bond donors (Lipinski definition) is 1. The lowest BCUT2D eigenvalue weighted by atomic mass is 10.1. The molecule has 1 amide bonds. The van der Waals surface area contributed by atoms with E-state index < -0.39 is 0 Å². The van der Waals surface area contributed by atoms with Crippen LogP contribution in [0.2, 0.25) is 0 Å². The minimum absolute atomic E-state index is 0.145. The molecular formula is C24H20FN3O2S.